The van der Waals surface area contributed by atoms with Crippen molar-refractivity contribution < 1.29 is 47.7 Å². The molecule has 14 heteroatoms. The summed E-state index contributed by atoms with van der Waals surface area (Å²) in [4.78, 5) is 71.3. The number of Topliss-reactive ketones (excluding diaryl/α,β-unsaturated/α-hetero) is 3. The molecular weight excluding hydrogens is 805 g/mol. The van der Waals surface area contributed by atoms with Gasteiger partial charge in [0.1, 0.15) is 48.4 Å². The molecule has 4 heterocycles. The molecular formula is C49H74N4O10. The number of cyclic esters (lactones) is 1. The lowest BCUT2D eigenvalue weighted by Gasteiger charge is -2.44. The van der Waals surface area contributed by atoms with Crippen LogP contribution in [0.2, 0.25) is 0 Å². The summed E-state index contributed by atoms with van der Waals surface area (Å²) in [5.74, 6) is -3.38. The average molecular weight is 879 g/mol. The predicted octanol–water partition coefficient (Wildman–Crippen LogP) is 7.16. The molecule has 3 aliphatic rings. The van der Waals surface area contributed by atoms with Gasteiger partial charge in [0.25, 0.3) is 11.7 Å². The first-order valence-corrected chi connectivity index (χ1v) is 23.0. The smallest absolute Gasteiger partial charge is 0.329 e. The summed E-state index contributed by atoms with van der Waals surface area (Å²) in [5, 5.41) is 7.77. The number of esters is 1. The topological polar surface area (TPSA) is 165 Å². The third-order valence-electron chi connectivity index (χ3n) is 13.2. The molecule has 2 saturated heterocycles. The van der Waals surface area contributed by atoms with E-state index < -0.39 is 53.5 Å². The first kappa shape index (κ1) is 51.5. The lowest BCUT2D eigenvalue weighted by molar-refractivity contribution is -0.185. The van der Waals surface area contributed by atoms with Crippen molar-refractivity contribution in [1.29, 1.82) is 0 Å². The van der Waals surface area contributed by atoms with E-state index in [0.29, 0.717) is 70.1 Å². The molecule has 1 amide bonds. The minimum absolute atomic E-state index is 0.0407. The van der Waals surface area contributed by atoms with Crippen LogP contribution in [-0.2, 0) is 54.2 Å². The third-order valence-corrected chi connectivity index (χ3v) is 13.2. The quantitative estimate of drug-likeness (QED) is 0.112. The van der Waals surface area contributed by atoms with E-state index >= 15 is 0 Å². The van der Waals surface area contributed by atoms with Crippen LogP contribution in [0.25, 0.3) is 0 Å². The van der Waals surface area contributed by atoms with Gasteiger partial charge in [-0.3, -0.25) is 19.2 Å². The molecule has 1 aromatic heterocycles. The zero-order valence-electron chi connectivity index (χ0n) is 39.5. The fourth-order valence-corrected chi connectivity index (χ4v) is 8.98. The highest BCUT2D eigenvalue weighted by atomic mass is 16.5. The number of ether oxygens (including phenoxy) is 5. The van der Waals surface area contributed by atoms with Crippen molar-refractivity contribution in [3.63, 3.8) is 0 Å². The Morgan fingerprint density at radius 1 is 0.873 bits per heavy atom. The van der Waals surface area contributed by atoms with Gasteiger partial charge in [-0.1, -0.05) is 71.1 Å². The maximum Gasteiger partial charge on any atom is 0.329 e. The van der Waals surface area contributed by atoms with Gasteiger partial charge in [-0.25, -0.2) is 4.79 Å². The monoisotopic (exact) mass is 879 g/mol. The molecule has 14 nitrogen and oxygen atoms in total. The van der Waals surface area contributed by atoms with Crippen LogP contribution in [0.15, 0.2) is 60.3 Å². The summed E-state index contributed by atoms with van der Waals surface area (Å²) in [6.45, 7) is 16.4. The molecule has 1 aromatic rings. The number of carbonyl (C=O) groups is 5. The van der Waals surface area contributed by atoms with E-state index in [1.54, 1.807) is 32.6 Å². The second kappa shape index (κ2) is 24.8. The number of fused-ring (bicyclic) bond motifs is 3. The second-order valence-corrected chi connectivity index (χ2v) is 18.2. The van der Waals surface area contributed by atoms with Crippen LogP contribution in [0.3, 0.4) is 0 Å². The highest BCUT2D eigenvalue weighted by molar-refractivity contribution is 6.39. The number of piperidine rings is 1. The molecule has 3 aliphatic heterocycles. The van der Waals surface area contributed by atoms with Crippen molar-refractivity contribution in [2.45, 2.75) is 168 Å². The fourth-order valence-electron chi connectivity index (χ4n) is 8.98. The Morgan fingerprint density at radius 2 is 1.59 bits per heavy atom. The Kier molecular flexibility index (Phi) is 20.3. The first-order valence-electron chi connectivity index (χ1n) is 23.0. The van der Waals surface area contributed by atoms with E-state index in [1.165, 1.54) is 19.1 Å². The molecule has 0 spiro atoms. The van der Waals surface area contributed by atoms with Crippen LogP contribution >= 0.6 is 0 Å². The highest BCUT2D eigenvalue weighted by Crippen LogP contribution is 2.38. The molecule has 2 fully saturated rings. The van der Waals surface area contributed by atoms with Crippen molar-refractivity contribution in [3.8, 4) is 0 Å². The molecule has 0 saturated carbocycles. The summed E-state index contributed by atoms with van der Waals surface area (Å²) in [6.07, 6.45) is 17.2. The lowest BCUT2D eigenvalue weighted by Crippen LogP contribution is -2.59. The van der Waals surface area contributed by atoms with Crippen molar-refractivity contribution in [3.05, 3.63) is 60.3 Å². The first-order chi connectivity index (χ1) is 30.0. The molecule has 2 bridgehead atoms. The summed E-state index contributed by atoms with van der Waals surface area (Å²) in [5.41, 5.74) is 0.238. The fraction of sp³-hybridized carbons (Fsp3) is 0.694. The number of ketones is 3. The van der Waals surface area contributed by atoms with Crippen LogP contribution in [0, 0.1) is 23.7 Å². The second-order valence-electron chi connectivity index (χ2n) is 18.2. The number of aryl methyl sites for hydroxylation is 1. The number of hydrogen-bond acceptors (Lipinski definition) is 12. The van der Waals surface area contributed by atoms with E-state index in [0.717, 1.165) is 12.0 Å². The number of allylic oxidation sites excluding steroid dienone is 6. The average Bonchev–Trinajstić information content (AvgIpc) is 3.79. The minimum Gasteiger partial charge on any atom is -0.460 e. The Labute approximate surface area is 375 Å². The zero-order valence-corrected chi connectivity index (χ0v) is 39.5. The van der Waals surface area contributed by atoms with Crippen LogP contribution in [0.5, 0.6) is 0 Å². The number of nitrogens with zero attached hydrogens (tertiary/aromatic N) is 4. The van der Waals surface area contributed by atoms with Crippen LogP contribution in [0.4, 0.5) is 0 Å². The Hall–Kier alpha value is -4.11. The van der Waals surface area contributed by atoms with Gasteiger partial charge in [0.05, 0.1) is 12.2 Å². The SMILES string of the molecule is CC[C@@H]1CC(=O)[C@H](C)/C=C(\C)[C@@H](OC)[C@@H](OC)C(=O)[C@H](C)C[C@H](C)/C=C/C=C/C=C(\C)C(OCCCn2cnnc2)C[C@@H]2CC[C@@H](C)[C@@](C)(O2)C(=O)C(=O)N2CCCC[C@H]2C(=O)O1. The van der Waals surface area contributed by atoms with Gasteiger partial charge in [0, 0.05) is 58.6 Å². The van der Waals surface area contributed by atoms with Gasteiger partial charge in [-0.05, 0) is 95.1 Å². The Bertz CT molecular complexity index is 1810. The maximum absolute atomic E-state index is 14.4. The van der Waals surface area contributed by atoms with Crippen molar-refractivity contribution in [1.82, 2.24) is 19.7 Å². The third kappa shape index (κ3) is 14.2. The van der Waals surface area contributed by atoms with Gasteiger partial charge in [-0.15, -0.1) is 10.2 Å². The van der Waals surface area contributed by atoms with Gasteiger partial charge >= 0.3 is 5.97 Å². The van der Waals surface area contributed by atoms with Gasteiger partial charge in [-0.2, -0.15) is 0 Å². The van der Waals surface area contributed by atoms with Gasteiger partial charge in [0.2, 0.25) is 0 Å². The Morgan fingerprint density at radius 3 is 2.27 bits per heavy atom. The molecule has 63 heavy (non-hydrogen) atoms. The molecule has 4 rings (SSSR count). The zero-order chi connectivity index (χ0) is 46.3. The lowest BCUT2D eigenvalue weighted by atomic mass is 9.78. The van der Waals surface area contributed by atoms with E-state index in [9.17, 15) is 24.0 Å². The standard InChI is InChI=1S/C49H74N4O10/c1-11-38-28-41(54)34(4)27-36(6)44(59-9)45(60-10)43(55)35(5)26-32(2)18-13-12-14-19-33(3)42(61-25-17-23-52-30-50-51-31-52)29-39-22-21-37(7)49(8,63-39)46(56)47(57)53-24-16-15-20-40(53)48(58)62-38/h12-14,18-19,27,30-32,34-35,37-40,42,44-45H,11,15-17,20-26,28-29H2,1-10H3/b14-12+,18-13+,33-19+,36-27+/t32-,34-,35-,37-,38-,39+,40+,42?,44-,45+,49-/m1/s1. The number of amides is 1. The number of carbonyl (C=O) groups excluding carboxylic acids is 5. The van der Waals surface area contributed by atoms with Gasteiger partial charge < -0.3 is 33.2 Å². The van der Waals surface area contributed by atoms with E-state index in [4.69, 9.17) is 23.7 Å². The summed E-state index contributed by atoms with van der Waals surface area (Å²) in [6, 6.07) is -0.962. The van der Waals surface area contributed by atoms with Crippen LogP contribution in [0.1, 0.15) is 120 Å². The molecule has 11 atom stereocenters. The largest absolute Gasteiger partial charge is 0.460 e. The van der Waals surface area contributed by atoms with Gasteiger partial charge in [0.15, 0.2) is 5.78 Å². The summed E-state index contributed by atoms with van der Waals surface area (Å²) >= 11 is 0. The normalized spacial score (nSPS) is 35.8. The molecule has 0 radical (unpaired) electrons. The summed E-state index contributed by atoms with van der Waals surface area (Å²) < 4.78 is 32.6. The molecule has 0 aliphatic carbocycles. The van der Waals surface area contributed by atoms with E-state index in [1.807, 2.05) is 63.5 Å². The summed E-state index contributed by atoms with van der Waals surface area (Å²) in [7, 11) is 3.01. The number of methoxy groups -OCH3 is 2. The number of aromatic nitrogens is 3. The van der Waals surface area contributed by atoms with E-state index in [2.05, 4.69) is 23.2 Å². The van der Waals surface area contributed by atoms with Crippen LogP contribution in [-0.4, -0.2) is 118 Å². The van der Waals surface area contributed by atoms with Crippen LogP contribution < -0.4 is 0 Å². The van der Waals surface area contributed by atoms with Crippen molar-refractivity contribution >= 4 is 29.2 Å². The molecule has 1 unspecified atom stereocenters. The molecule has 0 aromatic carbocycles. The van der Waals surface area contributed by atoms with Crippen molar-refractivity contribution in [2.75, 3.05) is 27.4 Å². The number of rotatable bonds is 8. The number of hydrogen-bond donors (Lipinski definition) is 0. The predicted molar refractivity (Wildman–Crippen MR) is 239 cm³/mol. The molecule has 350 valence electrons. The Balaban J connectivity index is 1.66. The van der Waals surface area contributed by atoms with E-state index in [-0.39, 0.29) is 54.5 Å². The minimum atomic E-state index is -1.42. The molecule has 0 N–H and O–H groups in total. The highest BCUT2D eigenvalue weighted by Gasteiger charge is 2.50. The maximum atomic E-state index is 14.4. The van der Waals surface area contributed by atoms with Crippen molar-refractivity contribution in [2.24, 2.45) is 23.7 Å².